The number of benzene rings is 8. The van der Waals surface area contributed by atoms with Crippen LogP contribution in [0.4, 0.5) is 0 Å². The van der Waals surface area contributed by atoms with Gasteiger partial charge in [0.25, 0.3) is 6.71 Å². The average molecular weight is 612 g/mol. The first-order valence-corrected chi connectivity index (χ1v) is 16.5. The third-order valence-corrected chi connectivity index (χ3v) is 10.3. The number of aromatic nitrogens is 1. The Labute approximate surface area is 277 Å². The molecule has 4 heteroatoms. The number of hydrogen-bond acceptors (Lipinski definition) is 2. The molecule has 0 aliphatic carbocycles. The molecule has 8 aromatic carbocycles. The Morgan fingerprint density at radius 1 is 0.417 bits per heavy atom. The van der Waals surface area contributed by atoms with Gasteiger partial charge in [-0.15, -0.1) is 0 Å². The average Bonchev–Trinajstić information content (AvgIpc) is 3.47. The molecule has 0 bridgehead atoms. The maximum atomic E-state index is 7.00. The molecule has 0 atom stereocenters. The zero-order valence-corrected chi connectivity index (χ0v) is 25.9. The standard InChI is InChI=1S/C44H26BNO2/c1-3-13-31-27(11-1)23-28-12-2-4-14-32(28)43(31)29-24-41-44-42(25-29)48-40-26-30(21-22-36(40)45(44)35-17-7-10-20-39(35)47-41)46-37-18-8-5-15-33(37)34-16-6-9-19-38(34)46/h1-26H. The van der Waals surface area contributed by atoms with E-state index < -0.39 is 0 Å². The minimum absolute atomic E-state index is 0.00536. The first-order valence-electron chi connectivity index (χ1n) is 16.5. The van der Waals surface area contributed by atoms with E-state index in [-0.39, 0.29) is 6.71 Å². The van der Waals surface area contributed by atoms with Gasteiger partial charge in [0.15, 0.2) is 0 Å². The van der Waals surface area contributed by atoms with Crippen molar-refractivity contribution in [1.82, 2.24) is 4.57 Å². The molecule has 2 aliphatic heterocycles. The second kappa shape index (κ2) is 9.63. The van der Waals surface area contributed by atoms with Crippen molar-refractivity contribution >= 4 is 66.5 Å². The fourth-order valence-corrected chi connectivity index (χ4v) is 8.24. The third-order valence-electron chi connectivity index (χ3n) is 10.3. The summed E-state index contributed by atoms with van der Waals surface area (Å²) >= 11 is 0. The van der Waals surface area contributed by atoms with Gasteiger partial charge in [0.1, 0.15) is 23.0 Å². The van der Waals surface area contributed by atoms with Crippen molar-refractivity contribution in [3.05, 3.63) is 158 Å². The molecule has 222 valence electrons. The Kier molecular flexibility index (Phi) is 5.19. The van der Waals surface area contributed by atoms with Gasteiger partial charge in [0, 0.05) is 28.0 Å². The van der Waals surface area contributed by atoms with Gasteiger partial charge in [-0.2, -0.15) is 0 Å². The highest BCUT2D eigenvalue weighted by Gasteiger charge is 2.40. The van der Waals surface area contributed by atoms with E-state index in [1.165, 1.54) is 48.9 Å². The van der Waals surface area contributed by atoms with E-state index in [9.17, 15) is 0 Å². The molecule has 0 fully saturated rings. The minimum Gasteiger partial charge on any atom is -0.458 e. The predicted octanol–water partition coefficient (Wildman–Crippen LogP) is 9.48. The third kappa shape index (κ3) is 3.54. The fourth-order valence-electron chi connectivity index (χ4n) is 8.24. The summed E-state index contributed by atoms with van der Waals surface area (Å²) in [6, 6.07) is 56.4. The summed E-state index contributed by atoms with van der Waals surface area (Å²) in [5, 5.41) is 7.33. The van der Waals surface area contributed by atoms with Crippen LogP contribution < -0.4 is 25.9 Å². The van der Waals surface area contributed by atoms with Crippen LogP contribution in [0.25, 0.3) is 60.2 Å². The van der Waals surface area contributed by atoms with Crippen LogP contribution >= 0.6 is 0 Å². The van der Waals surface area contributed by atoms with Crippen LogP contribution in [0.1, 0.15) is 0 Å². The van der Waals surface area contributed by atoms with E-state index in [0.717, 1.165) is 50.6 Å². The van der Waals surface area contributed by atoms with E-state index in [0.29, 0.717) is 0 Å². The molecule has 11 rings (SSSR count). The summed E-state index contributed by atoms with van der Waals surface area (Å²) < 4.78 is 16.1. The van der Waals surface area contributed by atoms with Crippen LogP contribution in [0.3, 0.4) is 0 Å². The molecule has 1 aromatic heterocycles. The van der Waals surface area contributed by atoms with Crippen molar-refractivity contribution in [2.45, 2.75) is 0 Å². The number of nitrogens with zero attached hydrogens (tertiary/aromatic N) is 1. The highest BCUT2D eigenvalue weighted by atomic mass is 16.5. The summed E-state index contributed by atoms with van der Waals surface area (Å²) in [4.78, 5) is 0. The molecule has 0 unspecified atom stereocenters. The molecule has 0 spiro atoms. The van der Waals surface area contributed by atoms with Gasteiger partial charge >= 0.3 is 0 Å². The first-order chi connectivity index (χ1) is 23.8. The van der Waals surface area contributed by atoms with Gasteiger partial charge in [0.2, 0.25) is 0 Å². The smallest absolute Gasteiger partial charge is 0.260 e. The second-order valence-electron chi connectivity index (χ2n) is 12.8. The Morgan fingerprint density at radius 3 is 1.65 bits per heavy atom. The zero-order chi connectivity index (χ0) is 31.3. The SMILES string of the molecule is c1ccc2c(c1)Oc1cc(-c3c4ccccc4cc4ccccc34)cc3c1B2c1ccc(-n2c4ccccc4c4ccccc42)cc1O3. The van der Waals surface area contributed by atoms with E-state index in [1.807, 2.05) is 0 Å². The summed E-state index contributed by atoms with van der Waals surface area (Å²) in [6.45, 7) is -0.00536. The molecular weight excluding hydrogens is 585 g/mol. The van der Waals surface area contributed by atoms with Gasteiger partial charge in [0.05, 0.1) is 11.0 Å². The van der Waals surface area contributed by atoms with E-state index in [1.54, 1.807) is 0 Å². The van der Waals surface area contributed by atoms with Gasteiger partial charge in [-0.1, -0.05) is 109 Å². The van der Waals surface area contributed by atoms with Crippen molar-refractivity contribution in [3.8, 4) is 39.8 Å². The highest BCUT2D eigenvalue weighted by Crippen LogP contribution is 2.43. The van der Waals surface area contributed by atoms with Gasteiger partial charge < -0.3 is 14.0 Å². The van der Waals surface area contributed by atoms with E-state index in [4.69, 9.17) is 9.47 Å². The quantitative estimate of drug-likeness (QED) is 0.144. The second-order valence-corrected chi connectivity index (χ2v) is 12.8. The van der Waals surface area contributed by atoms with Crippen LogP contribution in [0, 0.1) is 0 Å². The molecule has 0 amide bonds. The molecule has 0 radical (unpaired) electrons. The molecule has 48 heavy (non-hydrogen) atoms. The molecule has 0 N–H and O–H groups in total. The largest absolute Gasteiger partial charge is 0.458 e. The summed E-state index contributed by atoms with van der Waals surface area (Å²) in [7, 11) is 0. The van der Waals surface area contributed by atoms with Gasteiger partial charge in [-0.3, -0.25) is 0 Å². The number of rotatable bonds is 2. The van der Waals surface area contributed by atoms with Crippen molar-refractivity contribution in [2.24, 2.45) is 0 Å². The van der Waals surface area contributed by atoms with Crippen LogP contribution in [0.15, 0.2) is 158 Å². The lowest BCUT2D eigenvalue weighted by atomic mass is 9.35. The predicted molar refractivity (Wildman–Crippen MR) is 199 cm³/mol. The highest BCUT2D eigenvalue weighted by molar-refractivity contribution is 6.98. The van der Waals surface area contributed by atoms with Crippen LogP contribution in [0.5, 0.6) is 23.0 Å². The van der Waals surface area contributed by atoms with Crippen molar-refractivity contribution in [3.63, 3.8) is 0 Å². The van der Waals surface area contributed by atoms with Gasteiger partial charge in [-0.05, 0) is 86.1 Å². The Hall–Kier alpha value is -6.26. The zero-order valence-electron chi connectivity index (χ0n) is 25.9. The topological polar surface area (TPSA) is 23.4 Å². The molecule has 2 aliphatic rings. The van der Waals surface area contributed by atoms with E-state index in [2.05, 4.69) is 162 Å². The summed E-state index contributed by atoms with van der Waals surface area (Å²) in [5.74, 6) is 3.45. The van der Waals surface area contributed by atoms with Crippen LogP contribution in [-0.2, 0) is 0 Å². The van der Waals surface area contributed by atoms with Crippen LogP contribution in [0.2, 0.25) is 0 Å². The number of ether oxygens (including phenoxy) is 2. The van der Waals surface area contributed by atoms with Crippen molar-refractivity contribution in [2.75, 3.05) is 0 Å². The Balaban J connectivity index is 1.17. The Morgan fingerprint density at radius 2 is 0.958 bits per heavy atom. The lowest BCUT2D eigenvalue weighted by molar-refractivity contribution is 0.465. The Bertz CT molecular complexity index is 2710. The maximum Gasteiger partial charge on any atom is 0.260 e. The molecule has 9 aromatic rings. The summed E-state index contributed by atoms with van der Waals surface area (Å²) in [6.07, 6.45) is 0. The molecule has 0 saturated carbocycles. The number of para-hydroxylation sites is 3. The van der Waals surface area contributed by atoms with Gasteiger partial charge in [-0.25, -0.2) is 0 Å². The monoisotopic (exact) mass is 611 g/mol. The van der Waals surface area contributed by atoms with Crippen molar-refractivity contribution < 1.29 is 9.47 Å². The molecule has 3 heterocycles. The first kappa shape index (κ1) is 25.9. The normalized spacial score (nSPS) is 12.9. The lowest BCUT2D eigenvalue weighted by Gasteiger charge is -2.33. The molecule has 3 nitrogen and oxygen atoms in total. The minimum atomic E-state index is -0.00536. The molecule has 0 saturated heterocycles. The lowest BCUT2D eigenvalue weighted by Crippen LogP contribution is -2.57. The maximum absolute atomic E-state index is 7.00. The fraction of sp³-hybridized carbons (Fsp3) is 0. The van der Waals surface area contributed by atoms with E-state index >= 15 is 0 Å². The van der Waals surface area contributed by atoms with Crippen molar-refractivity contribution in [1.29, 1.82) is 0 Å². The summed E-state index contributed by atoms with van der Waals surface area (Å²) in [5.41, 5.74) is 9.09. The number of fused-ring (bicyclic) bond motifs is 9. The molecular formula is C44H26BNO2. The number of hydrogen-bond donors (Lipinski definition) is 0. The van der Waals surface area contributed by atoms with Crippen LogP contribution in [-0.4, -0.2) is 11.3 Å².